The molecule has 0 aromatic carbocycles. The van der Waals surface area contributed by atoms with Gasteiger partial charge in [0.25, 0.3) is 0 Å². The van der Waals surface area contributed by atoms with Crippen LogP contribution in [0.2, 0.25) is 0 Å². The predicted octanol–water partition coefficient (Wildman–Crippen LogP) is 0.666. The minimum absolute atomic E-state index is 0.261. The molecule has 0 amide bonds. The van der Waals surface area contributed by atoms with Crippen molar-refractivity contribution in [3.63, 3.8) is 0 Å². The molecule has 3 rings (SSSR count). The molecular weight excluding hydrogens is 276 g/mol. The number of nitrogens with zero attached hydrogens (tertiary/aromatic N) is 3. The lowest BCUT2D eigenvalue weighted by Crippen LogP contribution is -2.31. The molecule has 1 saturated heterocycles. The van der Waals surface area contributed by atoms with E-state index in [9.17, 15) is 8.42 Å². The number of rotatable bonds is 6. The number of aromatic nitrogens is 2. The Morgan fingerprint density at radius 1 is 1.40 bits per heavy atom. The van der Waals surface area contributed by atoms with Crippen molar-refractivity contribution in [1.29, 1.82) is 0 Å². The normalized spacial score (nSPS) is 24.4. The van der Waals surface area contributed by atoms with Gasteiger partial charge in [-0.15, -0.1) is 0 Å². The molecule has 2 heterocycles. The topological polar surface area (TPSA) is 67.2 Å². The molecule has 2 aliphatic rings. The first kappa shape index (κ1) is 14.0. The first-order chi connectivity index (χ1) is 9.58. The van der Waals surface area contributed by atoms with E-state index < -0.39 is 10.0 Å². The number of hydrogen-bond acceptors (Lipinski definition) is 4. The smallest absolute Gasteiger partial charge is 0.243 e. The summed E-state index contributed by atoms with van der Waals surface area (Å²) in [5.41, 5.74) is 0. The first-order valence-electron chi connectivity index (χ1n) is 7.34. The fraction of sp³-hybridized carbons (Fsp3) is 0.769. The van der Waals surface area contributed by atoms with Gasteiger partial charge in [0.15, 0.2) is 0 Å². The molecule has 0 spiro atoms. The molecule has 1 aliphatic carbocycles. The SMILES string of the molecule is CCn1cc(S(=O)(=O)NC[C@@H]2CCN(C3CC3)C2)cn1. The maximum Gasteiger partial charge on any atom is 0.243 e. The summed E-state index contributed by atoms with van der Waals surface area (Å²) in [4.78, 5) is 2.75. The molecule has 1 aromatic heterocycles. The van der Waals surface area contributed by atoms with E-state index in [2.05, 4.69) is 14.7 Å². The first-order valence-corrected chi connectivity index (χ1v) is 8.83. The van der Waals surface area contributed by atoms with Gasteiger partial charge in [-0.05, 0) is 38.6 Å². The summed E-state index contributed by atoms with van der Waals surface area (Å²) in [6.45, 7) is 5.28. The van der Waals surface area contributed by atoms with Gasteiger partial charge < -0.3 is 4.90 Å². The third-order valence-corrected chi connectivity index (χ3v) is 5.56. The van der Waals surface area contributed by atoms with E-state index in [-0.39, 0.29) is 4.90 Å². The molecular formula is C13H22N4O2S. The third-order valence-electron chi connectivity index (χ3n) is 4.19. The van der Waals surface area contributed by atoms with Gasteiger partial charge in [0.1, 0.15) is 4.90 Å². The summed E-state index contributed by atoms with van der Waals surface area (Å²) in [6, 6.07) is 0.777. The zero-order valence-electron chi connectivity index (χ0n) is 11.8. The lowest BCUT2D eigenvalue weighted by atomic mass is 10.1. The number of likely N-dealkylation sites (tertiary alicyclic amines) is 1. The molecule has 1 saturated carbocycles. The maximum atomic E-state index is 12.2. The molecule has 0 radical (unpaired) electrons. The number of hydrogen-bond donors (Lipinski definition) is 1. The average molecular weight is 298 g/mol. The highest BCUT2D eigenvalue weighted by Crippen LogP contribution is 2.31. The minimum atomic E-state index is -3.41. The monoisotopic (exact) mass is 298 g/mol. The van der Waals surface area contributed by atoms with Crippen LogP contribution in [0.1, 0.15) is 26.2 Å². The molecule has 1 aliphatic heterocycles. The zero-order valence-corrected chi connectivity index (χ0v) is 12.6. The fourth-order valence-electron chi connectivity index (χ4n) is 2.77. The largest absolute Gasteiger partial charge is 0.300 e. The van der Waals surface area contributed by atoms with Crippen LogP contribution in [0, 0.1) is 5.92 Å². The average Bonchev–Trinajstić information content (AvgIpc) is 2.99. The molecule has 20 heavy (non-hydrogen) atoms. The highest BCUT2D eigenvalue weighted by atomic mass is 32.2. The van der Waals surface area contributed by atoms with E-state index in [4.69, 9.17) is 0 Å². The predicted molar refractivity (Wildman–Crippen MR) is 75.8 cm³/mol. The van der Waals surface area contributed by atoms with Crippen LogP contribution < -0.4 is 4.72 Å². The van der Waals surface area contributed by atoms with Crippen molar-refractivity contribution >= 4 is 10.0 Å². The summed E-state index contributed by atoms with van der Waals surface area (Å²) in [7, 11) is -3.41. The number of sulfonamides is 1. The number of nitrogens with one attached hydrogen (secondary N) is 1. The molecule has 1 N–H and O–H groups in total. The van der Waals surface area contributed by atoms with Crippen molar-refractivity contribution in [2.75, 3.05) is 19.6 Å². The van der Waals surface area contributed by atoms with Gasteiger partial charge in [-0.3, -0.25) is 4.68 Å². The van der Waals surface area contributed by atoms with Crippen LogP contribution in [0.25, 0.3) is 0 Å². The Bertz CT molecular complexity index is 565. The zero-order chi connectivity index (χ0) is 14.2. The lowest BCUT2D eigenvalue weighted by molar-refractivity contribution is 0.314. The van der Waals surface area contributed by atoms with Gasteiger partial charge in [0.05, 0.1) is 6.20 Å². The van der Waals surface area contributed by atoms with Crippen molar-refractivity contribution in [2.24, 2.45) is 5.92 Å². The van der Waals surface area contributed by atoms with E-state index >= 15 is 0 Å². The van der Waals surface area contributed by atoms with Gasteiger partial charge in [-0.2, -0.15) is 5.10 Å². The van der Waals surface area contributed by atoms with Crippen molar-refractivity contribution in [3.8, 4) is 0 Å². The Labute approximate surface area is 120 Å². The molecule has 2 fully saturated rings. The Hall–Kier alpha value is -0.920. The molecule has 1 aromatic rings. The molecule has 1 atom stereocenters. The van der Waals surface area contributed by atoms with E-state index in [1.807, 2.05) is 6.92 Å². The number of aryl methyl sites for hydroxylation is 1. The fourth-order valence-corrected chi connectivity index (χ4v) is 3.84. The highest BCUT2D eigenvalue weighted by molar-refractivity contribution is 7.89. The van der Waals surface area contributed by atoms with E-state index in [0.717, 1.165) is 25.6 Å². The van der Waals surface area contributed by atoms with E-state index in [1.54, 1.807) is 10.9 Å². The van der Waals surface area contributed by atoms with Crippen LogP contribution >= 0.6 is 0 Å². The molecule has 0 bridgehead atoms. The van der Waals surface area contributed by atoms with Crippen LogP contribution in [0.5, 0.6) is 0 Å². The lowest BCUT2D eigenvalue weighted by Gasteiger charge is -2.15. The Balaban J connectivity index is 1.54. The Morgan fingerprint density at radius 3 is 2.85 bits per heavy atom. The van der Waals surface area contributed by atoms with Crippen LogP contribution in [0.3, 0.4) is 0 Å². The molecule has 7 heteroatoms. The minimum Gasteiger partial charge on any atom is -0.300 e. The van der Waals surface area contributed by atoms with Crippen molar-refractivity contribution in [2.45, 2.75) is 43.7 Å². The maximum absolute atomic E-state index is 12.2. The quantitative estimate of drug-likeness (QED) is 0.838. The standard InChI is InChI=1S/C13H22N4O2S/c1-2-17-10-13(8-14-17)20(18,19)15-7-11-5-6-16(9-11)12-3-4-12/h8,10-12,15H,2-7,9H2,1H3/t11-/m0/s1. The van der Waals surface area contributed by atoms with Gasteiger partial charge in [0, 0.05) is 31.9 Å². The second-order valence-corrected chi connectivity index (χ2v) is 7.53. The summed E-state index contributed by atoms with van der Waals surface area (Å²) < 4.78 is 28.7. The van der Waals surface area contributed by atoms with Gasteiger partial charge in [-0.25, -0.2) is 13.1 Å². The van der Waals surface area contributed by atoms with E-state index in [0.29, 0.717) is 19.0 Å². The van der Waals surface area contributed by atoms with Crippen molar-refractivity contribution in [3.05, 3.63) is 12.4 Å². The van der Waals surface area contributed by atoms with Gasteiger partial charge >= 0.3 is 0 Å². The highest BCUT2D eigenvalue weighted by Gasteiger charge is 2.34. The van der Waals surface area contributed by atoms with Crippen LogP contribution in [-0.2, 0) is 16.6 Å². The van der Waals surface area contributed by atoms with Gasteiger partial charge in [-0.1, -0.05) is 0 Å². The molecule has 6 nitrogen and oxygen atoms in total. The molecule has 112 valence electrons. The Kier molecular flexibility index (Phi) is 3.83. The second-order valence-electron chi connectivity index (χ2n) is 5.76. The summed E-state index contributed by atoms with van der Waals surface area (Å²) >= 11 is 0. The van der Waals surface area contributed by atoms with E-state index in [1.165, 1.54) is 19.0 Å². The van der Waals surface area contributed by atoms with Crippen molar-refractivity contribution < 1.29 is 8.42 Å². The Morgan fingerprint density at radius 2 is 2.20 bits per heavy atom. The molecule has 0 unspecified atom stereocenters. The van der Waals surface area contributed by atoms with Crippen molar-refractivity contribution in [1.82, 2.24) is 19.4 Å². The van der Waals surface area contributed by atoms with Crippen LogP contribution in [-0.4, -0.2) is 48.8 Å². The second kappa shape index (κ2) is 5.46. The van der Waals surface area contributed by atoms with Gasteiger partial charge in [0.2, 0.25) is 10.0 Å². The van der Waals surface area contributed by atoms with Crippen LogP contribution in [0.15, 0.2) is 17.3 Å². The summed E-state index contributed by atoms with van der Waals surface area (Å²) in [5.74, 6) is 0.437. The van der Waals surface area contributed by atoms with Crippen LogP contribution in [0.4, 0.5) is 0 Å². The summed E-state index contributed by atoms with van der Waals surface area (Å²) in [6.07, 6.45) is 6.71. The summed E-state index contributed by atoms with van der Waals surface area (Å²) in [5, 5.41) is 4.01. The third kappa shape index (κ3) is 3.05.